The summed E-state index contributed by atoms with van der Waals surface area (Å²) in [6.45, 7) is 6.75. The van der Waals surface area contributed by atoms with E-state index in [9.17, 15) is 14.4 Å². The van der Waals surface area contributed by atoms with Gasteiger partial charge in [0.2, 0.25) is 5.91 Å². The molecule has 7 nitrogen and oxygen atoms in total. The highest BCUT2D eigenvalue weighted by Gasteiger charge is 2.25. The van der Waals surface area contributed by atoms with Gasteiger partial charge in [-0.3, -0.25) is 25.2 Å². The molecule has 7 heteroatoms. The molecule has 0 bridgehead atoms. The fourth-order valence-electron chi connectivity index (χ4n) is 1.17. The fourth-order valence-corrected chi connectivity index (χ4v) is 1.17. The van der Waals surface area contributed by atoms with Gasteiger partial charge >= 0.3 is 5.91 Å². The van der Waals surface area contributed by atoms with Crippen LogP contribution in [0.2, 0.25) is 0 Å². The lowest BCUT2D eigenvalue weighted by Crippen LogP contribution is -2.52. The molecule has 3 N–H and O–H groups in total. The van der Waals surface area contributed by atoms with Crippen molar-refractivity contribution in [3.05, 3.63) is 24.2 Å². The molecule has 0 aliphatic heterocycles. The van der Waals surface area contributed by atoms with Crippen LogP contribution in [0.25, 0.3) is 0 Å². The van der Waals surface area contributed by atoms with Gasteiger partial charge in [0.1, 0.15) is 6.04 Å². The number of hydrazine groups is 1. The summed E-state index contributed by atoms with van der Waals surface area (Å²) in [5, 5.41) is 2.55. The van der Waals surface area contributed by atoms with E-state index in [1.807, 2.05) is 0 Å². The van der Waals surface area contributed by atoms with Crippen molar-refractivity contribution < 1.29 is 18.8 Å². The van der Waals surface area contributed by atoms with Crippen molar-refractivity contribution in [1.82, 2.24) is 16.2 Å². The lowest BCUT2D eigenvalue weighted by atomic mass is 9.95. The first-order valence-electron chi connectivity index (χ1n) is 6.16. The molecule has 110 valence electrons. The first kappa shape index (κ1) is 15.7. The summed E-state index contributed by atoms with van der Waals surface area (Å²) in [5.41, 5.74) is 3.82. The largest absolute Gasteiger partial charge is 0.459 e. The van der Waals surface area contributed by atoms with E-state index in [1.165, 1.54) is 19.3 Å². The number of nitrogens with one attached hydrogen (secondary N) is 3. The maximum atomic E-state index is 11.7. The predicted molar refractivity (Wildman–Crippen MR) is 71.4 cm³/mol. The number of amides is 3. The quantitative estimate of drug-likeness (QED) is 0.706. The minimum absolute atomic E-state index is 0.0803. The SMILES string of the molecule is CC(NC(=O)C(C)(C)C)C(=O)NNC(=O)c1ccco1. The van der Waals surface area contributed by atoms with Crippen LogP contribution in [-0.2, 0) is 9.59 Å². The fraction of sp³-hybridized carbons (Fsp3) is 0.462. The summed E-state index contributed by atoms with van der Waals surface area (Å²) in [4.78, 5) is 34.9. The molecule has 3 amide bonds. The molecule has 1 heterocycles. The Morgan fingerprint density at radius 3 is 2.35 bits per heavy atom. The summed E-state index contributed by atoms with van der Waals surface area (Å²) < 4.78 is 4.86. The summed E-state index contributed by atoms with van der Waals surface area (Å²) in [7, 11) is 0. The third-order valence-corrected chi connectivity index (χ3v) is 2.47. The van der Waals surface area contributed by atoms with Crippen molar-refractivity contribution in [3.8, 4) is 0 Å². The van der Waals surface area contributed by atoms with Gasteiger partial charge < -0.3 is 9.73 Å². The molecule has 1 aromatic heterocycles. The second-order valence-corrected chi connectivity index (χ2v) is 5.37. The molecular weight excluding hydrogens is 262 g/mol. The Morgan fingerprint density at radius 2 is 1.85 bits per heavy atom. The molecule has 0 radical (unpaired) electrons. The van der Waals surface area contributed by atoms with E-state index in [2.05, 4.69) is 16.2 Å². The van der Waals surface area contributed by atoms with Crippen molar-refractivity contribution in [2.45, 2.75) is 33.7 Å². The Kier molecular flexibility index (Phi) is 4.90. The monoisotopic (exact) mass is 281 g/mol. The van der Waals surface area contributed by atoms with Crippen LogP contribution in [0.1, 0.15) is 38.2 Å². The lowest BCUT2D eigenvalue weighted by molar-refractivity contribution is -0.133. The average Bonchev–Trinajstić information content (AvgIpc) is 2.87. The minimum atomic E-state index is -0.765. The van der Waals surface area contributed by atoms with Crippen molar-refractivity contribution in [3.63, 3.8) is 0 Å². The van der Waals surface area contributed by atoms with E-state index >= 15 is 0 Å². The molecule has 1 unspecified atom stereocenters. The highest BCUT2D eigenvalue weighted by molar-refractivity contribution is 5.94. The van der Waals surface area contributed by atoms with Gasteiger partial charge in [-0.2, -0.15) is 0 Å². The van der Waals surface area contributed by atoms with Gasteiger partial charge in [0, 0.05) is 5.41 Å². The molecule has 20 heavy (non-hydrogen) atoms. The van der Waals surface area contributed by atoms with E-state index in [0.717, 1.165) is 0 Å². The zero-order chi connectivity index (χ0) is 15.3. The standard InChI is InChI=1S/C13H19N3O4/c1-8(14-12(19)13(2,3)4)10(17)15-16-11(18)9-6-5-7-20-9/h5-8H,1-4H3,(H,14,19)(H,15,17)(H,16,18). The molecule has 1 aromatic rings. The highest BCUT2D eigenvalue weighted by Crippen LogP contribution is 2.12. The van der Waals surface area contributed by atoms with Gasteiger partial charge in [-0.15, -0.1) is 0 Å². The topological polar surface area (TPSA) is 100 Å². The third kappa shape index (κ3) is 4.42. The normalized spacial score (nSPS) is 12.4. The number of hydrogen-bond acceptors (Lipinski definition) is 4. The van der Waals surface area contributed by atoms with Crippen LogP contribution < -0.4 is 16.2 Å². The van der Waals surface area contributed by atoms with Crippen molar-refractivity contribution in [2.75, 3.05) is 0 Å². The van der Waals surface area contributed by atoms with Crippen LogP contribution in [0.3, 0.4) is 0 Å². The first-order chi connectivity index (χ1) is 9.21. The smallest absolute Gasteiger partial charge is 0.305 e. The summed E-state index contributed by atoms with van der Waals surface area (Å²) in [5.74, 6) is -1.27. The first-order valence-corrected chi connectivity index (χ1v) is 6.16. The van der Waals surface area contributed by atoms with E-state index in [0.29, 0.717) is 0 Å². The molecule has 0 saturated carbocycles. The zero-order valence-electron chi connectivity index (χ0n) is 11.9. The predicted octanol–water partition coefficient (Wildman–Crippen LogP) is 0.591. The summed E-state index contributed by atoms with van der Waals surface area (Å²) in [6, 6.07) is 2.26. The molecule has 1 atom stereocenters. The molecule has 0 spiro atoms. The van der Waals surface area contributed by atoms with Crippen LogP contribution in [-0.4, -0.2) is 23.8 Å². The zero-order valence-corrected chi connectivity index (χ0v) is 11.9. The van der Waals surface area contributed by atoms with Gasteiger partial charge in [0.05, 0.1) is 6.26 Å². The maximum Gasteiger partial charge on any atom is 0.305 e. The summed E-state index contributed by atoms with van der Waals surface area (Å²) in [6.07, 6.45) is 1.35. The second-order valence-electron chi connectivity index (χ2n) is 5.37. The van der Waals surface area contributed by atoms with E-state index < -0.39 is 23.3 Å². The molecule has 0 fully saturated rings. The Labute approximate surface area is 117 Å². The van der Waals surface area contributed by atoms with Crippen molar-refractivity contribution in [1.29, 1.82) is 0 Å². The van der Waals surface area contributed by atoms with Crippen LogP contribution in [0, 0.1) is 5.41 Å². The summed E-state index contributed by atoms with van der Waals surface area (Å²) >= 11 is 0. The minimum Gasteiger partial charge on any atom is -0.459 e. The van der Waals surface area contributed by atoms with Crippen LogP contribution >= 0.6 is 0 Å². The van der Waals surface area contributed by atoms with E-state index in [-0.39, 0.29) is 11.7 Å². The van der Waals surface area contributed by atoms with Gasteiger partial charge in [0.15, 0.2) is 5.76 Å². The van der Waals surface area contributed by atoms with Crippen LogP contribution in [0.5, 0.6) is 0 Å². The second kappa shape index (κ2) is 6.23. The molecule has 0 aromatic carbocycles. The average molecular weight is 281 g/mol. The maximum absolute atomic E-state index is 11.7. The Morgan fingerprint density at radius 1 is 1.20 bits per heavy atom. The Balaban J connectivity index is 2.43. The number of rotatable bonds is 3. The molecular formula is C13H19N3O4. The molecule has 0 saturated heterocycles. The number of carbonyl (C=O) groups is 3. The Bertz CT molecular complexity index is 488. The van der Waals surface area contributed by atoms with Crippen LogP contribution in [0.15, 0.2) is 22.8 Å². The third-order valence-electron chi connectivity index (χ3n) is 2.47. The van der Waals surface area contributed by atoms with E-state index in [4.69, 9.17) is 4.42 Å². The highest BCUT2D eigenvalue weighted by atomic mass is 16.3. The van der Waals surface area contributed by atoms with Crippen molar-refractivity contribution >= 4 is 17.7 Å². The number of hydrogen-bond donors (Lipinski definition) is 3. The van der Waals surface area contributed by atoms with Gasteiger partial charge in [0.25, 0.3) is 5.91 Å². The van der Waals surface area contributed by atoms with Crippen LogP contribution in [0.4, 0.5) is 0 Å². The number of furan rings is 1. The van der Waals surface area contributed by atoms with Crippen molar-refractivity contribution in [2.24, 2.45) is 5.41 Å². The molecule has 0 aliphatic carbocycles. The van der Waals surface area contributed by atoms with Gasteiger partial charge in [-0.05, 0) is 19.1 Å². The lowest BCUT2D eigenvalue weighted by Gasteiger charge is -2.21. The van der Waals surface area contributed by atoms with Gasteiger partial charge in [-0.25, -0.2) is 0 Å². The number of carbonyl (C=O) groups excluding carboxylic acids is 3. The Hall–Kier alpha value is -2.31. The molecule has 1 rings (SSSR count). The van der Waals surface area contributed by atoms with Gasteiger partial charge in [-0.1, -0.05) is 20.8 Å². The van der Waals surface area contributed by atoms with E-state index in [1.54, 1.807) is 26.8 Å². The molecule has 0 aliphatic rings.